The summed E-state index contributed by atoms with van der Waals surface area (Å²) in [7, 11) is 0. The zero-order valence-electron chi connectivity index (χ0n) is 10.1. The third-order valence-electron chi connectivity index (χ3n) is 3.95. The van der Waals surface area contributed by atoms with Crippen molar-refractivity contribution in [2.24, 2.45) is 11.7 Å². The summed E-state index contributed by atoms with van der Waals surface area (Å²) in [5.74, 6) is 3.28. The highest BCUT2D eigenvalue weighted by atomic mass is 16.5. The molecule has 5 nitrogen and oxygen atoms in total. The molecule has 17 heavy (non-hydrogen) atoms. The van der Waals surface area contributed by atoms with E-state index in [-0.39, 0.29) is 0 Å². The van der Waals surface area contributed by atoms with E-state index < -0.39 is 0 Å². The van der Waals surface area contributed by atoms with Crippen LogP contribution < -0.4 is 5.73 Å². The highest BCUT2D eigenvalue weighted by Gasteiger charge is 2.27. The van der Waals surface area contributed by atoms with Crippen LogP contribution in [0.3, 0.4) is 0 Å². The number of fused-ring (bicyclic) bond motifs is 1. The largest absolute Gasteiger partial charge is 0.381 e. The monoisotopic (exact) mass is 236 g/mol. The molecule has 2 aliphatic heterocycles. The van der Waals surface area contributed by atoms with Crippen molar-refractivity contribution >= 4 is 0 Å². The Balaban J connectivity index is 1.80. The Labute approximate surface area is 101 Å². The van der Waals surface area contributed by atoms with Gasteiger partial charge in [-0.15, -0.1) is 10.2 Å². The van der Waals surface area contributed by atoms with Crippen molar-refractivity contribution < 1.29 is 4.74 Å². The Morgan fingerprint density at radius 1 is 1.35 bits per heavy atom. The molecule has 1 aromatic rings. The van der Waals surface area contributed by atoms with Crippen molar-refractivity contribution in [1.29, 1.82) is 0 Å². The van der Waals surface area contributed by atoms with Crippen LogP contribution in [0, 0.1) is 5.92 Å². The highest BCUT2D eigenvalue weighted by molar-refractivity contribution is 5.06. The number of rotatable bonds is 2. The molecule has 2 unspecified atom stereocenters. The standard InChI is InChI=1S/C12H20N4O/c13-7-9-3-4-16-11(6-9)14-15-12(16)10-2-1-5-17-8-10/h9-10H,1-8,13H2. The van der Waals surface area contributed by atoms with Crippen LogP contribution in [0.25, 0.3) is 0 Å². The zero-order valence-corrected chi connectivity index (χ0v) is 10.1. The zero-order chi connectivity index (χ0) is 11.7. The van der Waals surface area contributed by atoms with Gasteiger partial charge in [-0.2, -0.15) is 0 Å². The first-order valence-electron chi connectivity index (χ1n) is 6.58. The summed E-state index contributed by atoms with van der Waals surface area (Å²) in [6.45, 7) is 3.48. The molecule has 2 atom stereocenters. The lowest BCUT2D eigenvalue weighted by molar-refractivity contribution is 0.0765. The molecule has 1 saturated heterocycles. The van der Waals surface area contributed by atoms with Gasteiger partial charge in [0.2, 0.25) is 0 Å². The molecule has 0 aliphatic carbocycles. The normalized spacial score (nSPS) is 29.0. The lowest BCUT2D eigenvalue weighted by Crippen LogP contribution is -2.28. The van der Waals surface area contributed by atoms with Gasteiger partial charge in [0.25, 0.3) is 0 Å². The van der Waals surface area contributed by atoms with Crippen LogP contribution in [0.4, 0.5) is 0 Å². The van der Waals surface area contributed by atoms with Crippen LogP contribution in [-0.2, 0) is 17.7 Å². The van der Waals surface area contributed by atoms with E-state index in [1.807, 2.05) is 0 Å². The number of hydrogen-bond acceptors (Lipinski definition) is 4. The molecule has 3 rings (SSSR count). The van der Waals surface area contributed by atoms with E-state index in [9.17, 15) is 0 Å². The first kappa shape index (κ1) is 11.2. The summed E-state index contributed by atoms with van der Waals surface area (Å²) in [5.41, 5.74) is 5.73. The van der Waals surface area contributed by atoms with Crippen molar-refractivity contribution in [1.82, 2.24) is 14.8 Å². The predicted molar refractivity (Wildman–Crippen MR) is 63.7 cm³/mol. The summed E-state index contributed by atoms with van der Waals surface area (Å²) in [4.78, 5) is 0. The Hall–Kier alpha value is -0.940. The average Bonchev–Trinajstić information content (AvgIpc) is 2.82. The molecule has 1 aromatic heterocycles. The second-order valence-corrected chi connectivity index (χ2v) is 5.13. The number of aromatic nitrogens is 3. The summed E-state index contributed by atoms with van der Waals surface area (Å²) < 4.78 is 7.84. The van der Waals surface area contributed by atoms with E-state index in [2.05, 4.69) is 14.8 Å². The SMILES string of the molecule is NCC1CCn2c(nnc2C2CCCOC2)C1. The fraction of sp³-hybridized carbons (Fsp3) is 0.833. The van der Waals surface area contributed by atoms with E-state index in [0.29, 0.717) is 11.8 Å². The molecule has 0 spiro atoms. The van der Waals surface area contributed by atoms with E-state index in [0.717, 1.165) is 57.2 Å². The van der Waals surface area contributed by atoms with E-state index in [1.165, 1.54) is 6.42 Å². The minimum Gasteiger partial charge on any atom is -0.381 e. The van der Waals surface area contributed by atoms with Gasteiger partial charge in [0.05, 0.1) is 6.61 Å². The fourth-order valence-electron chi connectivity index (χ4n) is 2.86. The molecule has 3 heterocycles. The van der Waals surface area contributed by atoms with E-state index in [4.69, 9.17) is 10.5 Å². The van der Waals surface area contributed by atoms with Crippen LogP contribution in [-0.4, -0.2) is 34.5 Å². The van der Waals surface area contributed by atoms with Crippen molar-refractivity contribution in [3.05, 3.63) is 11.6 Å². The lowest BCUT2D eigenvalue weighted by Gasteiger charge is -2.26. The molecular formula is C12H20N4O. The summed E-state index contributed by atoms with van der Waals surface area (Å²) in [6.07, 6.45) is 4.45. The van der Waals surface area contributed by atoms with Gasteiger partial charge in [-0.25, -0.2) is 0 Å². The second-order valence-electron chi connectivity index (χ2n) is 5.13. The smallest absolute Gasteiger partial charge is 0.138 e. The maximum absolute atomic E-state index is 5.73. The molecule has 0 bridgehead atoms. The van der Waals surface area contributed by atoms with Crippen LogP contribution in [0.1, 0.15) is 36.8 Å². The van der Waals surface area contributed by atoms with Gasteiger partial charge < -0.3 is 15.0 Å². The average molecular weight is 236 g/mol. The van der Waals surface area contributed by atoms with Gasteiger partial charge >= 0.3 is 0 Å². The highest BCUT2D eigenvalue weighted by Crippen LogP contribution is 2.27. The molecule has 0 saturated carbocycles. The lowest BCUT2D eigenvalue weighted by atomic mass is 9.96. The van der Waals surface area contributed by atoms with E-state index >= 15 is 0 Å². The number of nitrogens with two attached hydrogens (primary N) is 1. The summed E-state index contributed by atoms with van der Waals surface area (Å²) in [5, 5.41) is 8.71. The fourth-order valence-corrected chi connectivity index (χ4v) is 2.86. The molecule has 2 aliphatic rings. The van der Waals surface area contributed by atoms with Crippen LogP contribution in [0.15, 0.2) is 0 Å². The van der Waals surface area contributed by atoms with Crippen LogP contribution >= 0.6 is 0 Å². The van der Waals surface area contributed by atoms with Gasteiger partial charge in [0.1, 0.15) is 11.6 Å². The maximum Gasteiger partial charge on any atom is 0.138 e. The molecule has 0 radical (unpaired) electrons. The molecule has 2 N–H and O–H groups in total. The number of ether oxygens (including phenoxy) is 1. The quantitative estimate of drug-likeness (QED) is 0.820. The van der Waals surface area contributed by atoms with E-state index in [1.54, 1.807) is 0 Å². The summed E-state index contributed by atoms with van der Waals surface area (Å²) >= 11 is 0. The molecule has 94 valence electrons. The molecular weight excluding hydrogens is 216 g/mol. The Bertz CT molecular complexity index is 384. The predicted octanol–water partition coefficient (Wildman–Crippen LogP) is 0.693. The second kappa shape index (κ2) is 4.74. The molecule has 5 heteroatoms. The van der Waals surface area contributed by atoms with Gasteiger partial charge in [-0.05, 0) is 31.7 Å². The first-order chi connectivity index (χ1) is 8.38. The van der Waals surface area contributed by atoms with Crippen molar-refractivity contribution in [2.75, 3.05) is 19.8 Å². The van der Waals surface area contributed by atoms with Crippen molar-refractivity contribution in [2.45, 2.75) is 38.1 Å². The third kappa shape index (κ3) is 2.09. The topological polar surface area (TPSA) is 66.0 Å². The molecule has 1 fully saturated rings. The van der Waals surface area contributed by atoms with Gasteiger partial charge in [0, 0.05) is 25.5 Å². The third-order valence-corrected chi connectivity index (χ3v) is 3.95. The number of hydrogen-bond donors (Lipinski definition) is 1. The molecule has 0 amide bonds. The van der Waals surface area contributed by atoms with Gasteiger partial charge in [-0.3, -0.25) is 0 Å². The minimum absolute atomic E-state index is 0.444. The van der Waals surface area contributed by atoms with Gasteiger partial charge in [0.15, 0.2) is 0 Å². The Morgan fingerprint density at radius 2 is 2.29 bits per heavy atom. The van der Waals surface area contributed by atoms with Crippen LogP contribution in [0.2, 0.25) is 0 Å². The summed E-state index contributed by atoms with van der Waals surface area (Å²) in [6, 6.07) is 0. The maximum atomic E-state index is 5.73. The van der Waals surface area contributed by atoms with Crippen molar-refractivity contribution in [3.8, 4) is 0 Å². The Morgan fingerprint density at radius 3 is 3.06 bits per heavy atom. The van der Waals surface area contributed by atoms with Crippen molar-refractivity contribution in [3.63, 3.8) is 0 Å². The number of nitrogens with zero attached hydrogens (tertiary/aromatic N) is 3. The first-order valence-corrected chi connectivity index (χ1v) is 6.58. The Kier molecular flexibility index (Phi) is 3.11. The van der Waals surface area contributed by atoms with Gasteiger partial charge in [-0.1, -0.05) is 0 Å². The van der Waals surface area contributed by atoms with Crippen LogP contribution in [0.5, 0.6) is 0 Å². The molecule has 0 aromatic carbocycles. The minimum atomic E-state index is 0.444.